The topological polar surface area (TPSA) is 84.9 Å². The number of hydrogen-bond acceptors (Lipinski definition) is 5. The normalized spacial score (nSPS) is 11.8. The Morgan fingerprint density at radius 2 is 2.42 bits per heavy atom. The highest BCUT2D eigenvalue weighted by Crippen LogP contribution is 1.97. The van der Waals surface area contributed by atoms with Gasteiger partial charge >= 0.3 is 0 Å². The molecule has 0 spiro atoms. The van der Waals surface area contributed by atoms with Crippen molar-refractivity contribution in [3.8, 4) is 0 Å². The average molecular weight is 191 g/mol. The van der Waals surface area contributed by atoms with Gasteiger partial charge in [-0.25, -0.2) is 4.98 Å². The van der Waals surface area contributed by atoms with Gasteiger partial charge in [-0.15, -0.1) is 0 Å². The fraction of sp³-hybridized carbons (Fsp3) is 0.600. The molecule has 1 aromatic rings. The maximum absolute atomic E-state index is 10.8. The van der Waals surface area contributed by atoms with Crippen molar-refractivity contribution in [2.45, 2.75) is 13.5 Å². The first-order valence-electron chi connectivity index (χ1n) is 3.35. The van der Waals surface area contributed by atoms with Gasteiger partial charge in [0.25, 0.3) is 10.1 Å². The lowest BCUT2D eigenvalue weighted by molar-refractivity contribution is 0.300. The van der Waals surface area contributed by atoms with Crippen LogP contribution in [-0.2, 0) is 20.9 Å². The molecule has 0 aliphatic heterocycles. The molecule has 6 nitrogen and oxygen atoms in total. The van der Waals surface area contributed by atoms with E-state index < -0.39 is 10.1 Å². The number of nitrogens with one attached hydrogen (secondary N) is 1. The van der Waals surface area contributed by atoms with Gasteiger partial charge in [0.1, 0.15) is 12.9 Å². The molecule has 68 valence electrons. The Labute approximate surface area is 70.1 Å². The van der Waals surface area contributed by atoms with Gasteiger partial charge in [0.05, 0.1) is 5.75 Å². The van der Waals surface area contributed by atoms with Crippen molar-refractivity contribution in [3.63, 3.8) is 0 Å². The standard InChI is InChI=1S/C5H9N3O3S/c1-2-12(9,10)11-3-5-6-4-7-8-5/h4H,2-3H2,1H3,(H,6,7,8). The number of hydrogen-bond donors (Lipinski definition) is 1. The fourth-order valence-corrected chi connectivity index (χ4v) is 0.987. The zero-order valence-electron chi connectivity index (χ0n) is 6.52. The van der Waals surface area contributed by atoms with Crippen molar-refractivity contribution < 1.29 is 12.6 Å². The SMILES string of the molecule is CCS(=O)(=O)OCc1ncn[nH]1. The van der Waals surface area contributed by atoms with E-state index in [1.807, 2.05) is 0 Å². The van der Waals surface area contributed by atoms with Gasteiger partial charge in [0, 0.05) is 0 Å². The fourth-order valence-electron chi connectivity index (χ4n) is 0.529. The second kappa shape index (κ2) is 3.63. The van der Waals surface area contributed by atoms with Crippen LogP contribution in [0.1, 0.15) is 12.7 Å². The molecule has 0 saturated carbocycles. The van der Waals surface area contributed by atoms with E-state index in [1.165, 1.54) is 13.3 Å². The molecule has 0 saturated heterocycles. The van der Waals surface area contributed by atoms with Gasteiger partial charge in [-0.3, -0.25) is 9.28 Å². The van der Waals surface area contributed by atoms with Crippen LogP contribution in [-0.4, -0.2) is 29.4 Å². The Balaban J connectivity index is 2.47. The van der Waals surface area contributed by atoms with Crippen molar-refractivity contribution in [1.29, 1.82) is 0 Å². The number of aromatic nitrogens is 3. The Bertz CT molecular complexity index is 318. The predicted molar refractivity (Wildman–Crippen MR) is 40.6 cm³/mol. The third-order valence-corrected chi connectivity index (χ3v) is 2.38. The Kier molecular flexibility index (Phi) is 2.77. The molecular weight excluding hydrogens is 182 g/mol. The van der Waals surface area contributed by atoms with E-state index in [0.29, 0.717) is 5.82 Å². The van der Waals surface area contributed by atoms with Crippen molar-refractivity contribution in [2.24, 2.45) is 0 Å². The summed E-state index contributed by atoms with van der Waals surface area (Å²) >= 11 is 0. The molecule has 7 heteroatoms. The summed E-state index contributed by atoms with van der Waals surface area (Å²) in [5, 5.41) is 6.02. The van der Waals surface area contributed by atoms with Crippen LogP contribution in [0.4, 0.5) is 0 Å². The Morgan fingerprint density at radius 1 is 1.67 bits per heavy atom. The first-order valence-corrected chi connectivity index (χ1v) is 4.93. The molecule has 0 radical (unpaired) electrons. The smallest absolute Gasteiger partial charge is 0.262 e. The van der Waals surface area contributed by atoms with Crippen LogP contribution in [0, 0.1) is 0 Å². The molecule has 0 bridgehead atoms. The summed E-state index contributed by atoms with van der Waals surface area (Å²) in [6.07, 6.45) is 1.29. The molecule has 0 aliphatic rings. The number of aromatic amines is 1. The minimum absolute atomic E-state index is 0.0405. The second-order valence-corrected chi connectivity index (χ2v) is 3.97. The minimum atomic E-state index is -3.38. The molecule has 0 aromatic carbocycles. The van der Waals surface area contributed by atoms with Crippen molar-refractivity contribution in [3.05, 3.63) is 12.2 Å². The quantitative estimate of drug-likeness (QED) is 0.659. The highest BCUT2D eigenvalue weighted by Gasteiger charge is 2.08. The van der Waals surface area contributed by atoms with Gasteiger partial charge in [-0.2, -0.15) is 13.5 Å². The summed E-state index contributed by atoms with van der Waals surface area (Å²) < 4.78 is 26.2. The van der Waals surface area contributed by atoms with Gasteiger partial charge in [0.2, 0.25) is 0 Å². The highest BCUT2D eigenvalue weighted by atomic mass is 32.2. The van der Waals surface area contributed by atoms with Crippen LogP contribution >= 0.6 is 0 Å². The lowest BCUT2D eigenvalue weighted by atomic mass is 10.7. The minimum Gasteiger partial charge on any atom is -0.262 e. The van der Waals surface area contributed by atoms with Gasteiger partial charge in [0.15, 0.2) is 5.82 Å². The highest BCUT2D eigenvalue weighted by molar-refractivity contribution is 7.86. The van der Waals surface area contributed by atoms with E-state index in [4.69, 9.17) is 0 Å². The third kappa shape index (κ3) is 2.59. The van der Waals surface area contributed by atoms with Crippen LogP contribution < -0.4 is 0 Å². The third-order valence-electron chi connectivity index (χ3n) is 1.19. The summed E-state index contributed by atoms with van der Waals surface area (Å²) in [6.45, 7) is 1.42. The first kappa shape index (κ1) is 9.14. The largest absolute Gasteiger partial charge is 0.267 e. The summed E-state index contributed by atoms with van der Waals surface area (Å²) in [5.41, 5.74) is 0. The average Bonchev–Trinajstić information content (AvgIpc) is 2.53. The van der Waals surface area contributed by atoms with Crippen LogP contribution in [0.15, 0.2) is 6.33 Å². The van der Waals surface area contributed by atoms with Crippen molar-refractivity contribution >= 4 is 10.1 Å². The number of H-pyrrole nitrogens is 1. The summed E-state index contributed by atoms with van der Waals surface area (Å²) in [5.74, 6) is 0.355. The van der Waals surface area contributed by atoms with E-state index >= 15 is 0 Å². The summed E-state index contributed by atoms with van der Waals surface area (Å²) in [6, 6.07) is 0. The van der Waals surface area contributed by atoms with E-state index in [-0.39, 0.29) is 12.4 Å². The number of nitrogens with zero attached hydrogens (tertiary/aromatic N) is 2. The maximum Gasteiger partial charge on any atom is 0.267 e. The summed E-state index contributed by atoms with van der Waals surface area (Å²) in [7, 11) is -3.38. The molecular formula is C5H9N3O3S. The molecule has 1 aromatic heterocycles. The Morgan fingerprint density at radius 3 is 2.92 bits per heavy atom. The molecule has 0 aliphatic carbocycles. The lowest BCUT2D eigenvalue weighted by Gasteiger charge is -1.98. The van der Waals surface area contributed by atoms with Gasteiger partial charge < -0.3 is 0 Å². The van der Waals surface area contributed by atoms with E-state index in [0.717, 1.165) is 0 Å². The van der Waals surface area contributed by atoms with Crippen molar-refractivity contribution in [1.82, 2.24) is 15.2 Å². The zero-order chi connectivity index (χ0) is 9.03. The second-order valence-electron chi connectivity index (χ2n) is 2.04. The molecule has 0 amide bonds. The first-order chi connectivity index (χ1) is 5.64. The molecule has 12 heavy (non-hydrogen) atoms. The van der Waals surface area contributed by atoms with Crippen LogP contribution in [0.25, 0.3) is 0 Å². The molecule has 0 fully saturated rings. The van der Waals surface area contributed by atoms with Gasteiger partial charge in [-0.05, 0) is 6.92 Å². The van der Waals surface area contributed by atoms with E-state index in [9.17, 15) is 8.42 Å². The van der Waals surface area contributed by atoms with Crippen LogP contribution in [0.3, 0.4) is 0 Å². The molecule has 0 unspecified atom stereocenters. The number of rotatable bonds is 4. The monoisotopic (exact) mass is 191 g/mol. The van der Waals surface area contributed by atoms with Crippen LogP contribution in [0.5, 0.6) is 0 Å². The molecule has 0 atom stereocenters. The lowest BCUT2D eigenvalue weighted by Crippen LogP contribution is -2.08. The predicted octanol–water partition coefficient (Wildman–Crippen LogP) is -0.329. The maximum atomic E-state index is 10.8. The van der Waals surface area contributed by atoms with Gasteiger partial charge in [-0.1, -0.05) is 0 Å². The van der Waals surface area contributed by atoms with E-state index in [1.54, 1.807) is 0 Å². The van der Waals surface area contributed by atoms with E-state index in [2.05, 4.69) is 19.4 Å². The van der Waals surface area contributed by atoms with Crippen LogP contribution in [0.2, 0.25) is 0 Å². The zero-order valence-corrected chi connectivity index (χ0v) is 7.34. The molecule has 1 heterocycles. The Hall–Kier alpha value is -0.950. The summed E-state index contributed by atoms with van der Waals surface area (Å²) in [4.78, 5) is 3.70. The molecule has 1 rings (SSSR count). The van der Waals surface area contributed by atoms with Crippen molar-refractivity contribution in [2.75, 3.05) is 5.75 Å². The molecule has 1 N–H and O–H groups in total.